The minimum Gasteiger partial charge on any atom is -0.0654 e. The Bertz CT molecular complexity index is 342. The van der Waals surface area contributed by atoms with Crippen LogP contribution in [0.4, 0.5) is 0 Å². The van der Waals surface area contributed by atoms with E-state index in [1.807, 2.05) is 0 Å². The molecule has 0 unspecified atom stereocenters. The predicted octanol–water partition coefficient (Wildman–Crippen LogP) is 6.99. The first-order valence-corrected chi connectivity index (χ1v) is 12.1. The fourth-order valence-corrected chi connectivity index (χ4v) is 5.44. The van der Waals surface area contributed by atoms with E-state index in [0.29, 0.717) is 0 Å². The molecular formula is C20H36P+. The summed E-state index contributed by atoms with van der Waals surface area (Å²) in [6, 6.07) is 11.0. The van der Waals surface area contributed by atoms with Gasteiger partial charge in [0.05, 0.1) is 12.3 Å². The van der Waals surface area contributed by atoms with Crippen molar-refractivity contribution in [2.24, 2.45) is 0 Å². The third kappa shape index (κ3) is 10.1. The zero-order valence-corrected chi connectivity index (χ0v) is 15.5. The molecule has 0 N–H and O–H groups in total. The lowest BCUT2D eigenvalue weighted by Gasteiger charge is -2.18. The van der Waals surface area contributed by atoms with Crippen LogP contribution in [0.25, 0.3) is 0 Å². The van der Waals surface area contributed by atoms with Crippen LogP contribution in [0.15, 0.2) is 30.3 Å². The zero-order valence-electron chi connectivity index (χ0n) is 14.6. The highest BCUT2D eigenvalue weighted by Crippen LogP contribution is 2.54. The van der Waals surface area contributed by atoms with Crippen molar-refractivity contribution in [1.82, 2.24) is 0 Å². The Hall–Kier alpha value is -0.350. The number of rotatable bonds is 12. The van der Waals surface area contributed by atoms with Crippen molar-refractivity contribution in [2.45, 2.75) is 70.9 Å². The molecule has 0 heterocycles. The van der Waals surface area contributed by atoms with E-state index in [-0.39, 0.29) is 0 Å². The van der Waals surface area contributed by atoms with Crippen molar-refractivity contribution >= 4 is 7.26 Å². The molecule has 0 radical (unpaired) electrons. The summed E-state index contributed by atoms with van der Waals surface area (Å²) in [5.74, 6) is 0. The first-order chi connectivity index (χ1) is 10.1. The van der Waals surface area contributed by atoms with Crippen molar-refractivity contribution in [3.8, 4) is 0 Å². The van der Waals surface area contributed by atoms with Gasteiger partial charge in [0.25, 0.3) is 0 Å². The summed E-state index contributed by atoms with van der Waals surface area (Å²) in [7, 11) is -0.735. The molecule has 0 aliphatic heterocycles. The predicted molar refractivity (Wildman–Crippen MR) is 101 cm³/mol. The maximum Gasteiger partial charge on any atom is 0.0837 e. The van der Waals surface area contributed by atoms with Crippen LogP contribution in [-0.2, 0) is 6.16 Å². The second-order valence-electron chi connectivity index (χ2n) is 7.13. The summed E-state index contributed by atoms with van der Waals surface area (Å²) in [5.41, 5.74) is 1.53. The molecule has 0 spiro atoms. The SMILES string of the molecule is CCCCCCCCCCC[P+](C)(C)Cc1ccccc1. The fourth-order valence-electron chi connectivity index (χ4n) is 3.01. The first-order valence-electron chi connectivity index (χ1n) is 9.00. The Labute approximate surface area is 134 Å². The van der Waals surface area contributed by atoms with Gasteiger partial charge in [0, 0.05) is 20.6 Å². The van der Waals surface area contributed by atoms with Crippen molar-refractivity contribution in [2.75, 3.05) is 19.5 Å². The maximum absolute atomic E-state index is 2.53. The second-order valence-corrected chi connectivity index (χ2v) is 11.8. The molecule has 1 aromatic carbocycles. The van der Waals surface area contributed by atoms with E-state index in [2.05, 4.69) is 50.6 Å². The Morgan fingerprint density at radius 1 is 0.714 bits per heavy atom. The molecule has 21 heavy (non-hydrogen) atoms. The largest absolute Gasteiger partial charge is 0.0837 e. The quantitative estimate of drug-likeness (QED) is 0.288. The molecule has 1 rings (SSSR count). The highest BCUT2D eigenvalue weighted by molar-refractivity contribution is 7.73. The average Bonchev–Trinajstić information content (AvgIpc) is 2.46. The molecule has 0 atom stereocenters. The molecule has 0 saturated carbocycles. The van der Waals surface area contributed by atoms with Crippen molar-refractivity contribution in [1.29, 1.82) is 0 Å². The minimum atomic E-state index is -0.735. The van der Waals surface area contributed by atoms with Gasteiger partial charge in [-0.05, 0) is 18.4 Å². The maximum atomic E-state index is 2.53. The summed E-state index contributed by atoms with van der Waals surface area (Å²) in [6.07, 6.45) is 15.8. The minimum absolute atomic E-state index is 0.735. The molecule has 1 heteroatoms. The van der Waals surface area contributed by atoms with E-state index in [1.165, 1.54) is 75.7 Å². The van der Waals surface area contributed by atoms with Gasteiger partial charge in [-0.1, -0.05) is 82.2 Å². The molecule has 120 valence electrons. The molecule has 1 aromatic rings. The topological polar surface area (TPSA) is 0 Å². The van der Waals surface area contributed by atoms with Gasteiger partial charge in [-0.2, -0.15) is 0 Å². The van der Waals surface area contributed by atoms with Crippen molar-refractivity contribution < 1.29 is 0 Å². The molecule has 0 aliphatic rings. The number of hydrogen-bond donors (Lipinski definition) is 0. The highest BCUT2D eigenvalue weighted by Gasteiger charge is 2.24. The van der Waals surface area contributed by atoms with Crippen molar-refractivity contribution in [3.63, 3.8) is 0 Å². The van der Waals surface area contributed by atoms with Gasteiger partial charge in [0.2, 0.25) is 0 Å². The van der Waals surface area contributed by atoms with E-state index >= 15 is 0 Å². The summed E-state index contributed by atoms with van der Waals surface area (Å²) in [4.78, 5) is 0. The van der Waals surface area contributed by atoms with Crippen LogP contribution in [0.3, 0.4) is 0 Å². The molecule has 0 amide bonds. The summed E-state index contributed by atoms with van der Waals surface area (Å²) < 4.78 is 0. The smallest absolute Gasteiger partial charge is 0.0654 e. The van der Waals surface area contributed by atoms with Crippen LogP contribution in [0, 0.1) is 0 Å². The number of unbranched alkanes of at least 4 members (excludes halogenated alkanes) is 8. The van der Waals surface area contributed by atoms with E-state index in [0.717, 1.165) is 0 Å². The Morgan fingerprint density at radius 3 is 1.81 bits per heavy atom. The van der Waals surface area contributed by atoms with Crippen LogP contribution < -0.4 is 0 Å². The molecule has 0 bridgehead atoms. The van der Waals surface area contributed by atoms with E-state index in [4.69, 9.17) is 0 Å². The second kappa shape index (κ2) is 11.2. The first kappa shape index (κ1) is 18.7. The van der Waals surface area contributed by atoms with Crippen LogP contribution in [0.1, 0.15) is 70.3 Å². The lowest BCUT2D eigenvalue weighted by atomic mass is 10.1. The highest BCUT2D eigenvalue weighted by atomic mass is 31.2. The lowest BCUT2D eigenvalue weighted by molar-refractivity contribution is 0.573. The molecule has 0 nitrogen and oxygen atoms in total. The van der Waals surface area contributed by atoms with Crippen LogP contribution in [0.2, 0.25) is 0 Å². The monoisotopic (exact) mass is 307 g/mol. The van der Waals surface area contributed by atoms with Crippen LogP contribution >= 0.6 is 7.26 Å². The van der Waals surface area contributed by atoms with Gasteiger partial charge in [-0.25, -0.2) is 0 Å². The standard InChI is InChI=1S/C20H36P/c1-4-5-6-7-8-9-10-11-15-18-21(2,3)19-20-16-13-12-14-17-20/h12-14,16-17H,4-11,15,18-19H2,1-3H3/q+1. The molecule has 0 aliphatic carbocycles. The zero-order chi connectivity index (χ0) is 15.4. The summed E-state index contributed by atoms with van der Waals surface area (Å²) in [6.45, 7) is 7.36. The Balaban J connectivity index is 2.03. The average molecular weight is 307 g/mol. The van der Waals surface area contributed by atoms with Gasteiger partial charge in [0.1, 0.15) is 0 Å². The summed E-state index contributed by atoms with van der Waals surface area (Å²) >= 11 is 0. The van der Waals surface area contributed by atoms with E-state index in [9.17, 15) is 0 Å². The molecular weight excluding hydrogens is 271 g/mol. The molecule has 0 saturated heterocycles. The Kier molecular flexibility index (Phi) is 10.0. The van der Waals surface area contributed by atoms with Crippen LogP contribution in [-0.4, -0.2) is 19.5 Å². The molecule has 0 fully saturated rings. The van der Waals surface area contributed by atoms with Gasteiger partial charge in [-0.3, -0.25) is 0 Å². The molecule has 0 aromatic heterocycles. The van der Waals surface area contributed by atoms with E-state index < -0.39 is 7.26 Å². The van der Waals surface area contributed by atoms with Gasteiger partial charge >= 0.3 is 0 Å². The van der Waals surface area contributed by atoms with Crippen LogP contribution in [0.5, 0.6) is 0 Å². The van der Waals surface area contributed by atoms with Crippen molar-refractivity contribution in [3.05, 3.63) is 35.9 Å². The van der Waals surface area contributed by atoms with Gasteiger partial charge in [-0.15, -0.1) is 0 Å². The third-order valence-corrected chi connectivity index (χ3v) is 7.07. The van der Waals surface area contributed by atoms with E-state index in [1.54, 1.807) is 0 Å². The lowest BCUT2D eigenvalue weighted by Crippen LogP contribution is -1.99. The Morgan fingerprint density at radius 2 is 1.24 bits per heavy atom. The summed E-state index contributed by atoms with van der Waals surface area (Å²) in [5, 5.41) is 0. The third-order valence-electron chi connectivity index (χ3n) is 4.32. The normalized spacial score (nSPS) is 11.8. The van der Waals surface area contributed by atoms with Gasteiger partial charge < -0.3 is 0 Å². The fraction of sp³-hybridized carbons (Fsp3) is 0.700. The van der Waals surface area contributed by atoms with Gasteiger partial charge in [0.15, 0.2) is 0 Å². The number of hydrogen-bond acceptors (Lipinski definition) is 0. The number of benzene rings is 1.